The van der Waals surface area contributed by atoms with Crippen molar-refractivity contribution in [1.82, 2.24) is 25.4 Å². The number of carbonyl (C=O) groups excluding carboxylic acids is 1. The van der Waals surface area contributed by atoms with E-state index in [-0.39, 0.29) is 29.3 Å². The second kappa shape index (κ2) is 8.44. The number of aromatic nitrogens is 4. The van der Waals surface area contributed by atoms with Gasteiger partial charge in [-0.25, -0.2) is 18.6 Å². The van der Waals surface area contributed by atoms with Crippen molar-refractivity contribution in [3.63, 3.8) is 0 Å². The highest BCUT2D eigenvalue weighted by molar-refractivity contribution is 5.69. The third-order valence-corrected chi connectivity index (χ3v) is 4.73. The third-order valence-electron chi connectivity index (χ3n) is 4.73. The number of fused-ring (bicyclic) bond motifs is 1. The average molecular weight is 447 g/mol. The molecule has 5 rings (SSSR count). The van der Waals surface area contributed by atoms with Crippen LogP contribution >= 0.6 is 0 Å². The van der Waals surface area contributed by atoms with E-state index in [4.69, 9.17) is 9.47 Å². The van der Waals surface area contributed by atoms with Crippen LogP contribution in [0.2, 0.25) is 0 Å². The lowest BCUT2D eigenvalue weighted by molar-refractivity contribution is -0.0238. The number of likely N-dealkylation sites (tertiary alicyclic amines) is 1. The summed E-state index contributed by atoms with van der Waals surface area (Å²) in [6.07, 6.45) is 1.51. The lowest BCUT2D eigenvalue weighted by Gasteiger charge is -2.38. The second-order valence-corrected chi connectivity index (χ2v) is 8.40. The van der Waals surface area contributed by atoms with Crippen LogP contribution in [-0.2, 0) is 17.6 Å². The van der Waals surface area contributed by atoms with E-state index in [1.807, 2.05) is 6.07 Å². The van der Waals surface area contributed by atoms with Gasteiger partial charge in [0.1, 0.15) is 17.5 Å². The molecule has 11 nitrogen and oxygen atoms in total. The van der Waals surface area contributed by atoms with Crippen LogP contribution in [0.4, 0.5) is 9.18 Å². The maximum atomic E-state index is 12.4. The molecule has 2 aliphatic rings. The molecular weight excluding hydrogens is 425 g/mol. The lowest BCUT2D eigenvalue weighted by atomic mass is 9.89. The molecule has 2 aromatic heterocycles. The Morgan fingerprint density at radius 3 is 2.50 bits per heavy atom. The summed E-state index contributed by atoms with van der Waals surface area (Å²) in [5.74, 6) is -0.722. The number of ether oxygens (including phenoxy) is 2. The fraction of sp³-hybridized carbons (Fsp3) is 0.450. The number of aromatic amines is 1. The molecule has 1 N–H and O–H groups in total. The Bertz CT molecular complexity index is 1160. The van der Waals surface area contributed by atoms with Crippen LogP contribution in [0, 0.1) is 5.82 Å². The summed E-state index contributed by atoms with van der Waals surface area (Å²) in [5, 5.41) is 10.7. The molecule has 1 fully saturated rings. The molecule has 170 valence electrons. The van der Waals surface area contributed by atoms with Crippen molar-refractivity contribution < 1.29 is 27.8 Å². The van der Waals surface area contributed by atoms with E-state index in [0.717, 1.165) is 12.8 Å². The minimum Gasteiger partial charge on any atom is -0.467 e. The van der Waals surface area contributed by atoms with Crippen LogP contribution in [0.15, 0.2) is 32.1 Å². The van der Waals surface area contributed by atoms with Gasteiger partial charge < -0.3 is 14.4 Å². The number of aryl methyl sites for hydroxylation is 2. The van der Waals surface area contributed by atoms with Crippen LogP contribution < -0.4 is 10.5 Å². The van der Waals surface area contributed by atoms with Crippen LogP contribution in [0.3, 0.4) is 0 Å². The van der Waals surface area contributed by atoms with Gasteiger partial charge in [-0.05, 0) is 67.2 Å². The molecule has 0 atom stereocenters. The Morgan fingerprint density at radius 2 is 1.94 bits per heavy atom. The van der Waals surface area contributed by atoms with Gasteiger partial charge in [0.05, 0.1) is 13.1 Å². The maximum absolute atomic E-state index is 12.4. The minimum atomic E-state index is -0.728. The Kier molecular flexibility index (Phi) is 5.68. The second-order valence-electron chi connectivity index (χ2n) is 8.40. The predicted octanol–water partition coefficient (Wildman–Crippen LogP) is 2.34. The first kappa shape index (κ1) is 21.5. The first-order valence-corrected chi connectivity index (χ1v) is 9.99. The number of nitrogens with one attached hydrogen (secondary N) is 1. The van der Waals surface area contributed by atoms with Gasteiger partial charge in [0.2, 0.25) is 11.5 Å². The number of hydrogen-bond acceptors (Lipinski definition) is 9. The molecule has 1 saturated heterocycles. The summed E-state index contributed by atoms with van der Waals surface area (Å²) in [5.41, 5.74) is 2.07. The zero-order chi connectivity index (χ0) is 22.9. The summed E-state index contributed by atoms with van der Waals surface area (Å²) in [6, 6.07) is 5.02. The van der Waals surface area contributed by atoms with Crippen LogP contribution in [0.25, 0.3) is 11.5 Å². The highest BCUT2D eigenvalue weighted by Gasteiger charge is 2.36. The first-order valence-electron chi connectivity index (χ1n) is 9.99. The molecule has 1 aliphatic carbocycles. The SMILES string of the molecule is CC(C)(C)OC(=O)N1CC(Oc2nonc2-c2noc(=O)[nH]2)C1.Fc1ccc2c(c1)CC2. The number of hydrogen-bond donors (Lipinski definition) is 1. The van der Waals surface area contributed by atoms with E-state index in [9.17, 15) is 14.0 Å². The molecule has 32 heavy (non-hydrogen) atoms. The molecule has 0 unspecified atom stereocenters. The van der Waals surface area contributed by atoms with Gasteiger partial charge in [-0.2, -0.15) is 0 Å². The van der Waals surface area contributed by atoms with E-state index in [2.05, 4.69) is 29.6 Å². The van der Waals surface area contributed by atoms with Gasteiger partial charge in [-0.1, -0.05) is 11.2 Å². The van der Waals surface area contributed by atoms with Crippen molar-refractivity contribution in [3.8, 4) is 17.4 Å². The van der Waals surface area contributed by atoms with E-state index >= 15 is 0 Å². The zero-order valence-electron chi connectivity index (χ0n) is 17.8. The summed E-state index contributed by atoms with van der Waals surface area (Å²) in [6.45, 7) is 6.08. The third kappa shape index (κ3) is 4.95. The van der Waals surface area contributed by atoms with Crippen molar-refractivity contribution in [2.24, 2.45) is 0 Å². The summed E-state index contributed by atoms with van der Waals surface area (Å²) in [4.78, 5) is 26.6. The Hall–Kier alpha value is -3.70. The molecule has 3 heterocycles. The van der Waals surface area contributed by atoms with Crippen molar-refractivity contribution in [2.75, 3.05) is 13.1 Å². The first-order chi connectivity index (χ1) is 15.2. The van der Waals surface area contributed by atoms with Crippen molar-refractivity contribution in [3.05, 3.63) is 45.7 Å². The molecule has 1 amide bonds. The van der Waals surface area contributed by atoms with Crippen molar-refractivity contribution >= 4 is 6.09 Å². The normalized spacial score (nSPS) is 15.1. The van der Waals surface area contributed by atoms with Crippen LogP contribution in [0.1, 0.15) is 31.9 Å². The van der Waals surface area contributed by atoms with E-state index in [0.29, 0.717) is 13.1 Å². The Labute approximate surface area is 181 Å². The number of halogens is 1. The number of benzene rings is 1. The lowest BCUT2D eigenvalue weighted by Crippen LogP contribution is -2.57. The van der Waals surface area contributed by atoms with Crippen molar-refractivity contribution in [1.29, 1.82) is 0 Å². The van der Waals surface area contributed by atoms with E-state index < -0.39 is 17.5 Å². The zero-order valence-corrected chi connectivity index (χ0v) is 17.8. The summed E-state index contributed by atoms with van der Waals surface area (Å²) < 4.78 is 32.2. The van der Waals surface area contributed by atoms with Gasteiger partial charge in [0.25, 0.3) is 5.88 Å². The smallest absolute Gasteiger partial charge is 0.439 e. The summed E-state index contributed by atoms with van der Waals surface area (Å²) >= 11 is 0. The Balaban J connectivity index is 0.000000225. The fourth-order valence-electron chi connectivity index (χ4n) is 3.04. The molecular formula is C20H22FN5O6. The number of rotatable bonds is 3. The average Bonchev–Trinajstić information content (AvgIpc) is 3.28. The topological polar surface area (TPSA) is 137 Å². The minimum absolute atomic E-state index is 0.0505. The van der Waals surface area contributed by atoms with Gasteiger partial charge in [-0.3, -0.25) is 9.51 Å². The largest absolute Gasteiger partial charge is 0.467 e. The quantitative estimate of drug-likeness (QED) is 0.641. The molecule has 1 aliphatic heterocycles. The molecule has 1 aromatic carbocycles. The molecule has 0 radical (unpaired) electrons. The number of amides is 1. The van der Waals surface area contributed by atoms with Gasteiger partial charge in [-0.15, -0.1) is 0 Å². The van der Waals surface area contributed by atoms with Gasteiger partial charge in [0, 0.05) is 0 Å². The Morgan fingerprint density at radius 1 is 1.19 bits per heavy atom. The number of carbonyl (C=O) groups is 1. The van der Waals surface area contributed by atoms with Crippen LogP contribution in [0.5, 0.6) is 5.88 Å². The van der Waals surface area contributed by atoms with Gasteiger partial charge >= 0.3 is 11.8 Å². The molecule has 0 spiro atoms. The molecule has 0 bridgehead atoms. The predicted molar refractivity (Wildman–Crippen MR) is 106 cm³/mol. The van der Waals surface area contributed by atoms with E-state index in [1.165, 1.54) is 22.1 Å². The summed E-state index contributed by atoms with van der Waals surface area (Å²) in [7, 11) is 0. The molecule has 12 heteroatoms. The van der Waals surface area contributed by atoms with E-state index in [1.54, 1.807) is 26.8 Å². The number of H-pyrrole nitrogens is 1. The number of nitrogens with zero attached hydrogens (tertiary/aromatic N) is 4. The van der Waals surface area contributed by atoms with Crippen molar-refractivity contribution in [2.45, 2.75) is 45.3 Å². The molecule has 0 saturated carbocycles. The highest BCUT2D eigenvalue weighted by atomic mass is 19.1. The maximum Gasteiger partial charge on any atom is 0.439 e. The van der Waals surface area contributed by atoms with Gasteiger partial charge in [0.15, 0.2) is 0 Å². The molecule has 3 aromatic rings. The monoisotopic (exact) mass is 447 g/mol. The fourth-order valence-corrected chi connectivity index (χ4v) is 3.04. The standard InChI is InChI=1S/C12H15N5O6.C8H7F/c1-12(2,3)21-11(19)17-4-6(5-17)20-9-7(14-23-16-9)8-13-10(18)22-15-8;9-8-4-3-6-1-2-7(6)5-8/h6H,4-5H2,1-3H3,(H,13,15,18);3-5H,1-2H2. The highest BCUT2D eigenvalue weighted by Crippen LogP contribution is 2.26. The van der Waals surface area contributed by atoms with Crippen LogP contribution in [-0.4, -0.2) is 56.2 Å².